The minimum Gasteiger partial charge on any atom is -0.332 e. The van der Waals surface area contributed by atoms with Gasteiger partial charge in [-0.05, 0) is 55.0 Å². The Balaban J connectivity index is 1.73. The summed E-state index contributed by atoms with van der Waals surface area (Å²) in [6, 6.07) is 10.8. The molecule has 0 fully saturated rings. The second-order valence-corrected chi connectivity index (χ2v) is 6.59. The lowest BCUT2D eigenvalue weighted by Crippen LogP contribution is -2.19. The number of thiocarbonyl (C=S) groups is 1. The predicted molar refractivity (Wildman–Crippen MR) is 95.6 cm³/mol. The Kier molecular flexibility index (Phi) is 4.42. The van der Waals surface area contributed by atoms with Gasteiger partial charge in [0.1, 0.15) is 0 Å². The molecule has 0 saturated heterocycles. The van der Waals surface area contributed by atoms with Gasteiger partial charge in [-0.1, -0.05) is 23.5 Å². The van der Waals surface area contributed by atoms with Crippen LogP contribution in [0.1, 0.15) is 11.1 Å². The van der Waals surface area contributed by atoms with Crippen molar-refractivity contribution in [3.8, 4) is 0 Å². The third-order valence-electron chi connectivity index (χ3n) is 3.21. The molecule has 0 saturated carbocycles. The van der Waals surface area contributed by atoms with E-state index in [9.17, 15) is 13.2 Å². The molecule has 8 heteroatoms. The molecule has 0 spiro atoms. The number of nitrogens with one attached hydrogen (secondary N) is 2. The Hall–Kier alpha value is -2.19. The van der Waals surface area contributed by atoms with Crippen LogP contribution < -0.4 is 10.6 Å². The molecule has 0 unspecified atom stereocenters. The highest BCUT2D eigenvalue weighted by atomic mass is 32.1. The average Bonchev–Trinajstić information content (AvgIpc) is 2.87. The van der Waals surface area contributed by atoms with Crippen molar-refractivity contribution >= 4 is 49.7 Å². The fourth-order valence-corrected chi connectivity index (χ4v) is 3.37. The third kappa shape index (κ3) is 3.82. The summed E-state index contributed by atoms with van der Waals surface area (Å²) >= 11 is 6.58. The van der Waals surface area contributed by atoms with Gasteiger partial charge in [-0.2, -0.15) is 13.2 Å². The van der Waals surface area contributed by atoms with Gasteiger partial charge >= 0.3 is 6.18 Å². The van der Waals surface area contributed by atoms with Crippen molar-refractivity contribution in [1.29, 1.82) is 0 Å². The van der Waals surface area contributed by atoms with Gasteiger partial charge < -0.3 is 10.6 Å². The Bertz CT molecular complexity index is 903. The van der Waals surface area contributed by atoms with E-state index in [1.165, 1.54) is 23.5 Å². The summed E-state index contributed by atoms with van der Waals surface area (Å²) in [5.74, 6) is 0. The number of anilines is 2. The molecule has 24 heavy (non-hydrogen) atoms. The lowest BCUT2D eigenvalue weighted by molar-refractivity contribution is -0.137. The van der Waals surface area contributed by atoms with E-state index >= 15 is 0 Å². The summed E-state index contributed by atoms with van der Waals surface area (Å²) in [6.45, 7) is 1.99. The maximum Gasteiger partial charge on any atom is 0.416 e. The minimum absolute atomic E-state index is 0.185. The van der Waals surface area contributed by atoms with Gasteiger partial charge in [0.25, 0.3) is 0 Å². The van der Waals surface area contributed by atoms with Gasteiger partial charge in [0.2, 0.25) is 0 Å². The first-order valence-electron chi connectivity index (χ1n) is 6.94. The van der Waals surface area contributed by atoms with Gasteiger partial charge in [-0.25, -0.2) is 4.98 Å². The maximum absolute atomic E-state index is 12.7. The number of rotatable bonds is 2. The largest absolute Gasteiger partial charge is 0.416 e. The van der Waals surface area contributed by atoms with Crippen molar-refractivity contribution in [3.05, 3.63) is 53.6 Å². The van der Waals surface area contributed by atoms with Crippen LogP contribution in [0.5, 0.6) is 0 Å². The normalized spacial score (nSPS) is 11.5. The summed E-state index contributed by atoms with van der Waals surface area (Å²) in [5.41, 5.74) is 1.50. The fourth-order valence-electron chi connectivity index (χ4n) is 2.12. The molecule has 2 N–H and O–H groups in total. The van der Waals surface area contributed by atoms with E-state index in [1.54, 1.807) is 0 Å². The lowest BCUT2D eigenvalue weighted by Gasteiger charge is -2.11. The summed E-state index contributed by atoms with van der Waals surface area (Å²) in [4.78, 5) is 4.39. The van der Waals surface area contributed by atoms with Crippen molar-refractivity contribution in [1.82, 2.24) is 4.98 Å². The average molecular weight is 367 g/mol. The standard InChI is InChI=1S/C16H12F3N3S2/c1-9-5-6-12-13(7-9)24-15(21-12)22-14(23)20-11-4-2-3-10(8-11)16(17,18)19/h2-8H,1H3,(H2,20,21,22,23). The van der Waals surface area contributed by atoms with Gasteiger partial charge in [0.15, 0.2) is 10.2 Å². The van der Waals surface area contributed by atoms with Crippen LogP contribution in [0.3, 0.4) is 0 Å². The number of aryl methyl sites for hydroxylation is 1. The Morgan fingerprint density at radius 3 is 2.67 bits per heavy atom. The number of thiazole rings is 1. The zero-order valence-corrected chi connectivity index (χ0v) is 14.1. The van der Waals surface area contributed by atoms with Crippen LogP contribution in [-0.4, -0.2) is 10.1 Å². The fraction of sp³-hybridized carbons (Fsp3) is 0.125. The topological polar surface area (TPSA) is 37.0 Å². The number of hydrogen-bond acceptors (Lipinski definition) is 3. The highest BCUT2D eigenvalue weighted by molar-refractivity contribution is 7.80. The Morgan fingerprint density at radius 2 is 1.92 bits per heavy atom. The predicted octanol–water partition coefficient (Wildman–Crippen LogP) is 5.43. The number of aromatic nitrogens is 1. The molecule has 0 aliphatic heterocycles. The van der Waals surface area contributed by atoms with Gasteiger partial charge in [-0.15, -0.1) is 0 Å². The van der Waals surface area contributed by atoms with E-state index in [4.69, 9.17) is 12.2 Å². The van der Waals surface area contributed by atoms with Crippen LogP contribution in [-0.2, 0) is 6.18 Å². The zero-order valence-electron chi connectivity index (χ0n) is 12.4. The molecule has 0 aliphatic rings. The second kappa shape index (κ2) is 6.37. The van der Waals surface area contributed by atoms with Crippen molar-refractivity contribution in [3.63, 3.8) is 0 Å². The van der Waals surface area contributed by atoms with E-state index in [1.807, 2.05) is 25.1 Å². The Morgan fingerprint density at radius 1 is 1.12 bits per heavy atom. The molecule has 3 rings (SSSR count). The number of fused-ring (bicyclic) bond motifs is 1. The van der Waals surface area contributed by atoms with Gasteiger partial charge in [0, 0.05) is 5.69 Å². The quantitative estimate of drug-likeness (QED) is 0.592. The monoisotopic (exact) mass is 367 g/mol. The van der Waals surface area contributed by atoms with Crippen LogP contribution in [0.15, 0.2) is 42.5 Å². The number of halogens is 3. The lowest BCUT2D eigenvalue weighted by atomic mass is 10.2. The van der Waals surface area contributed by atoms with E-state index < -0.39 is 11.7 Å². The first-order valence-corrected chi connectivity index (χ1v) is 8.16. The Labute approximate surface area is 145 Å². The van der Waals surface area contributed by atoms with Gasteiger partial charge in [-0.3, -0.25) is 0 Å². The van der Waals surface area contributed by atoms with Crippen molar-refractivity contribution < 1.29 is 13.2 Å². The molecule has 0 atom stereocenters. The second-order valence-electron chi connectivity index (χ2n) is 5.15. The van der Waals surface area contributed by atoms with Crippen LogP contribution in [0.2, 0.25) is 0 Å². The highest BCUT2D eigenvalue weighted by Gasteiger charge is 2.30. The van der Waals surface area contributed by atoms with Crippen LogP contribution >= 0.6 is 23.6 Å². The van der Waals surface area contributed by atoms with E-state index in [-0.39, 0.29) is 10.8 Å². The zero-order chi connectivity index (χ0) is 17.3. The molecule has 0 amide bonds. The molecule has 3 aromatic rings. The number of benzene rings is 2. The van der Waals surface area contributed by atoms with Crippen LogP contribution in [0, 0.1) is 6.92 Å². The molecule has 1 heterocycles. The summed E-state index contributed by atoms with van der Waals surface area (Å²) in [7, 11) is 0. The first-order chi connectivity index (χ1) is 11.3. The van der Waals surface area contributed by atoms with E-state index in [0.717, 1.165) is 27.9 Å². The molecule has 2 aromatic carbocycles. The number of hydrogen-bond donors (Lipinski definition) is 2. The SMILES string of the molecule is Cc1ccc2nc(NC(=S)Nc3cccc(C(F)(F)F)c3)sc2c1. The molecular weight excluding hydrogens is 355 g/mol. The minimum atomic E-state index is -4.39. The van der Waals surface area contributed by atoms with Gasteiger partial charge in [0.05, 0.1) is 15.8 Å². The number of nitrogens with zero attached hydrogens (tertiary/aromatic N) is 1. The van der Waals surface area contributed by atoms with Crippen molar-refractivity contribution in [2.45, 2.75) is 13.1 Å². The van der Waals surface area contributed by atoms with Crippen LogP contribution in [0.4, 0.5) is 24.0 Å². The first kappa shape index (κ1) is 16.7. The molecule has 3 nitrogen and oxygen atoms in total. The van der Waals surface area contributed by atoms with Crippen LogP contribution in [0.25, 0.3) is 10.2 Å². The molecule has 0 radical (unpaired) electrons. The van der Waals surface area contributed by atoms with Crippen molar-refractivity contribution in [2.75, 3.05) is 10.6 Å². The van der Waals surface area contributed by atoms with E-state index in [0.29, 0.717) is 5.13 Å². The summed E-state index contributed by atoms with van der Waals surface area (Å²) in [5, 5.41) is 6.42. The highest BCUT2D eigenvalue weighted by Crippen LogP contribution is 2.31. The number of alkyl halides is 3. The molecule has 0 aliphatic carbocycles. The maximum atomic E-state index is 12.7. The van der Waals surface area contributed by atoms with Crippen molar-refractivity contribution in [2.24, 2.45) is 0 Å². The summed E-state index contributed by atoms with van der Waals surface area (Å²) in [6.07, 6.45) is -4.39. The molecule has 1 aromatic heterocycles. The third-order valence-corrected chi connectivity index (χ3v) is 4.35. The molecular formula is C16H12F3N3S2. The van der Waals surface area contributed by atoms with E-state index in [2.05, 4.69) is 15.6 Å². The molecule has 0 bridgehead atoms. The molecule has 124 valence electrons. The summed E-state index contributed by atoms with van der Waals surface area (Å²) < 4.78 is 39.2. The smallest absolute Gasteiger partial charge is 0.332 e.